The van der Waals surface area contributed by atoms with Crippen LogP contribution < -0.4 is 15.5 Å². The average Bonchev–Trinajstić information content (AvgIpc) is 2.98. The summed E-state index contributed by atoms with van der Waals surface area (Å²) in [6, 6.07) is 10.3. The highest BCUT2D eigenvalue weighted by molar-refractivity contribution is 5.85. The zero-order chi connectivity index (χ0) is 13.5. The Labute approximate surface area is 139 Å². The van der Waals surface area contributed by atoms with Crippen molar-refractivity contribution in [2.24, 2.45) is 5.92 Å². The van der Waals surface area contributed by atoms with Crippen LogP contribution in [0.15, 0.2) is 30.3 Å². The molecule has 0 radical (unpaired) electrons. The fourth-order valence-electron chi connectivity index (χ4n) is 2.36. The maximum Gasteiger partial charge on any atom is 0.224 e. The number of halogens is 2. The highest BCUT2D eigenvalue weighted by Gasteiger charge is 2.21. The lowest BCUT2D eigenvalue weighted by Crippen LogP contribution is -2.34. The van der Waals surface area contributed by atoms with Crippen LogP contribution >= 0.6 is 24.8 Å². The molecular weight excluding hydrogens is 309 g/mol. The van der Waals surface area contributed by atoms with Gasteiger partial charge in [-0.2, -0.15) is 0 Å². The first-order chi connectivity index (χ1) is 9.27. The minimum absolute atomic E-state index is 0. The number of carbonyl (C=O) groups excluding carboxylic acids is 1. The van der Waals surface area contributed by atoms with Gasteiger partial charge in [0.15, 0.2) is 0 Å². The van der Waals surface area contributed by atoms with Gasteiger partial charge in [-0.25, -0.2) is 0 Å². The molecule has 4 nitrogen and oxygen atoms in total. The van der Waals surface area contributed by atoms with Crippen molar-refractivity contribution in [3.63, 3.8) is 0 Å². The predicted molar refractivity (Wildman–Crippen MR) is 92.8 cm³/mol. The highest BCUT2D eigenvalue weighted by atomic mass is 35.5. The third-order valence-electron chi connectivity index (χ3n) is 3.60. The highest BCUT2D eigenvalue weighted by Crippen LogP contribution is 2.11. The maximum absolute atomic E-state index is 11.8. The molecule has 1 fully saturated rings. The predicted octanol–water partition coefficient (Wildman–Crippen LogP) is 2.08. The Hall–Kier alpha value is -0.970. The van der Waals surface area contributed by atoms with Crippen LogP contribution in [0.1, 0.15) is 12.8 Å². The van der Waals surface area contributed by atoms with Gasteiger partial charge in [-0.15, -0.1) is 24.8 Å². The van der Waals surface area contributed by atoms with E-state index in [4.69, 9.17) is 0 Å². The molecule has 1 saturated heterocycles. The third kappa shape index (κ3) is 6.55. The fraction of sp³-hybridized carbons (Fsp3) is 0.533. The van der Waals surface area contributed by atoms with E-state index in [-0.39, 0.29) is 36.6 Å². The molecule has 0 aliphatic carbocycles. The number of carbonyl (C=O) groups is 1. The number of anilines is 1. The van der Waals surface area contributed by atoms with E-state index in [2.05, 4.69) is 34.7 Å². The minimum atomic E-state index is 0. The quantitative estimate of drug-likeness (QED) is 0.783. The molecule has 1 amide bonds. The van der Waals surface area contributed by atoms with Crippen molar-refractivity contribution in [2.45, 2.75) is 12.8 Å². The summed E-state index contributed by atoms with van der Waals surface area (Å²) in [4.78, 5) is 14.0. The smallest absolute Gasteiger partial charge is 0.224 e. The number of nitrogens with one attached hydrogen (secondary N) is 2. The first-order valence-electron chi connectivity index (χ1n) is 7.02. The van der Waals surface area contributed by atoms with E-state index in [0.29, 0.717) is 0 Å². The minimum Gasteiger partial charge on any atom is -0.375 e. The number of rotatable bonds is 6. The molecule has 0 aromatic heterocycles. The number of nitrogens with zero attached hydrogens (tertiary/aromatic N) is 1. The summed E-state index contributed by atoms with van der Waals surface area (Å²) < 4.78 is 0. The van der Waals surface area contributed by atoms with Crippen molar-refractivity contribution < 1.29 is 4.79 Å². The van der Waals surface area contributed by atoms with E-state index in [9.17, 15) is 4.79 Å². The number of benzene rings is 1. The van der Waals surface area contributed by atoms with Crippen molar-refractivity contribution in [3.05, 3.63) is 30.3 Å². The molecular formula is C15H25Cl2N3O. The Morgan fingerprint density at radius 1 is 1.33 bits per heavy atom. The monoisotopic (exact) mass is 333 g/mol. The van der Waals surface area contributed by atoms with Crippen LogP contribution in [-0.4, -0.2) is 39.1 Å². The summed E-state index contributed by atoms with van der Waals surface area (Å²) in [5.74, 6) is 0.374. The SMILES string of the molecule is CN(CCCNC(=O)C1CCNC1)c1ccccc1.Cl.Cl. The lowest BCUT2D eigenvalue weighted by molar-refractivity contribution is -0.124. The van der Waals surface area contributed by atoms with Crippen molar-refractivity contribution in [2.75, 3.05) is 38.1 Å². The number of hydrogen-bond acceptors (Lipinski definition) is 3. The van der Waals surface area contributed by atoms with Crippen LogP contribution in [0.25, 0.3) is 0 Å². The molecule has 6 heteroatoms. The second-order valence-corrected chi connectivity index (χ2v) is 5.09. The Morgan fingerprint density at radius 2 is 2.05 bits per heavy atom. The van der Waals surface area contributed by atoms with Crippen molar-refractivity contribution in [3.8, 4) is 0 Å². The standard InChI is InChI=1S/C15H23N3O.2ClH/c1-18(14-6-3-2-4-7-14)11-5-9-17-15(19)13-8-10-16-12-13;;/h2-4,6-7,13,16H,5,8-12H2,1H3,(H,17,19);2*1H. The molecule has 2 rings (SSSR count). The second kappa shape index (κ2) is 10.7. The lowest BCUT2D eigenvalue weighted by Gasteiger charge is -2.19. The summed E-state index contributed by atoms with van der Waals surface area (Å²) in [7, 11) is 2.08. The van der Waals surface area contributed by atoms with Gasteiger partial charge in [0.25, 0.3) is 0 Å². The van der Waals surface area contributed by atoms with Crippen LogP contribution in [0, 0.1) is 5.92 Å². The van der Waals surface area contributed by atoms with Gasteiger partial charge in [-0.3, -0.25) is 4.79 Å². The van der Waals surface area contributed by atoms with E-state index < -0.39 is 0 Å². The molecule has 21 heavy (non-hydrogen) atoms. The second-order valence-electron chi connectivity index (χ2n) is 5.09. The Morgan fingerprint density at radius 3 is 2.67 bits per heavy atom. The molecule has 1 unspecified atom stereocenters. The summed E-state index contributed by atoms with van der Waals surface area (Å²) in [5, 5.41) is 6.24. The molecule has 1 aliphatic heterocycles. The summed E-state index contributed by atoms with van der Waals surface area (Å²) >= 11 is 0. The normalized spacial score (nSPS) is 16.5. The van der Waals surface area contributed by atoms with Crippen LogP contribution in [-0.2, 0) is 4.79 Å². The van der Waals surface area contributed by atoms with E-state index >= 15 is 0 Å². The molecule has 0 bridgehead atoms. The van der Waals surface area contributed by atoms with E-state index in [1.165, 1.54) is 5.69 Å². The molecule has 0 saturated carbocycles. The van der Waals surface area contributed by atoms with Gasteiger partial charge in [0.05, 0.1) is 5.92 Å². The van der Waals surface area contributed by atoms with Gasteiger partial charge in [-0.1, -0.05) is 18.2 Å². The molecule has 1 aromatic carbocycles. The Kier molecular flexibility index (Phi) is 10.2. The molecule has 2 N–H and O–H groups in total. The zero-order valence-electron chi connectivity index (χ0n) is 12.4. The average molecular weight is 334 g/mol. The van der Waals surface area contributed by atoms with Crippen molar-refractivity contribution in [1.82, 2.24) is 10.6 Å². The van der Waals surface area contributed by atoms with Crippen LogP contribution in [0.4, 0.5) is 5.69 Å². The topological polar surface area (TPSA) is 44.4 Å². The Bertz CT molecular complexity index is 397. The lowest BCUT2D eigenvalue weighted by atomic mass is 10.1. The molecule has 1 aliphatic rings. The largest absolute Gasteiger partial charge is 0.375 e. The summed E-state index contributed by atoms with van der Waals surface area (Å²) in [5.41, 5.74) is 1.22. The van der Waals surface area contributed by atoms with Gasteiger partial charge in [0.2, 0.25) is 5.91 Å². The van der Waals surface area contributed by atoms with E-state index in [1.807, 2.05) is 18.2 Å². The maximum atomic E-state index is 11.8. The van der Waals surface area contributed by atoms with Crippen LogP contribution in [0.5, 0.6) is 0 Å². The fourth-order valence-corrected chi connectivity index (χ4v) is 2.36. The molecule has 0 spiro atoms. The number of amides is 1. The Balaban J connectivity index is 0.00000200. The summed E-state index contributed by atoms with van der Waals surface area (Å²) in [6.07, 6.45) is 1.94. The first kappa shape index (κ1) is 20.0. The van der Waals surface area contributed by atoms with E-state index in [1.54, 1.807) is 0 Å². The van der Waals surface area contributed by atoms with E-state index in [0.717, 1.165) is 39.0 Å². The molecule has 1 heterocycles. The van der Waals surface area contributed by atoms with Crippen LogP contribution in [0.3, 0.4) is 0 Å². The third-order valence-corrected chi connectivity index (χ3v) is 3.60. The van der Waals surface area contributed by atoms with Gasteiger partial charge >= 0.3 is 0 Å². The van der Waals surface area contributed by atoms with Crippen molar-refractivity contribution >= 4 is 36.4 Å². The van der Waals surface area contributed by atoms with Crippen molar-refractivity contribution in [1.29, 1.82) is 0 Å². The van der Waals surface area contributed by atoms with Gasteiger partial charge in [0, 0.05) is 32.4 Å². The molecule has 120 valence electrons. The van der Waals surface area contributed by atoms with Gasteiger partial charge in [0.1, 0.15) is 0 Å². The van der Waals surface area contributed by atoms with Crippen LogP contribution in [0.2, 0.25) is 0 Å². The first-order valence-corrected chi connectivity index (χ1v) is 7.02. The number of para-hydroxylation sites is 1. The number of hydrogen-bond donors (Lipinski definition) is 2. The zero-order valence-corrected chi connectivity index (χ0v) is 14.0. The summed E-state index contributed by atoms with van der Waals surface area (Å²) in [6.45, 7) is 3.50. The molecule has 1 aromatic rings. The van der Waals surface area contributed by atoms with Gasteiger partial charge in [-0.05, 0) is 31.5 Å². The molecule has 1 atom stereocenters. The van der Waals surface area contributed by atoms with Gasteiger partial charge < -0.3 is 15.5 Å².